The maximum atomic E-state index is 11.0. The number of aliphatic hydroxyl groups excluding tert-OH is 2. The highest BCUT2D eigenvalue weighted by Crippen LogP contribution is 2.22. The number of carbonyl (C=O) groups is 2. The molecular formula is C12H20O6. The van der Waals surface area contributed by atoms with Crippen LogP contribution in [0.1, 0.15) is 32.1 Å². The minimum Gasteiger partial charge on any atom is -0.481 e. The molecule has 0 saturated heterocycles. The highest BCUT2D eigenvalue weighted by molar-refractivity contribution is 5.74. The molecule has 0 bridgehead atoms. The maximum absolute atomic E-state index is 11.0. The topological polar surface area (TPSA) is 115 Å². The molecule has 2 atom stereocenters. The number of aliphatic carboxylic acids is 2. The van der Waals surface area contributed by atoms with Crippen LogP contribution in [0, 0.1) is 5.92 Å². The van der Waals surface area contributed by atoms with Crippen LogP contribution < -0.4 is 0 Å². The Labute approximate surface area is 106 Å². The molecule has 6 heteroatoms. The van der Waals surface area contributed by atoms with Crippen LogP contribution in [-0.4, -0.2) is 45.1 Å². The molecule has 0 saturated carbocycles. The van der Waals surface area contributed by atoms with Crippen LogP contribution in [0.15, 0.2) is 12.2 Å². The van der Waals surface area contributed by atoms with Crippen molar-refractivity contribution in [2.24, 2.45) is 5.92 Å². The molecule has 0 aliphatic carbocycles. The third-order valence-electron chi connectivity index (χ3n) is 2.69. The summed E-state index contributed by atoms with van der Waals surface area (Å²) in [5.41, 5.74) is 0.168. The highest BCUT2D eigenvalue weighted by Gasteiger charge is 2.25. The molecule has 18 heavy (non-hydrogen) atoms. The number of aliphatic hydroxyl groups is 2. The van der Waals surface area contributed by atoms with E-state index in [-0.39, 0.29) is 37.9 Å². The lowest BCUT2D eigenvalue weighted by Crippen LogP contribution is -2.24. The highest BCUT2D eigenvalue weighted by atomic mass is 16.4. The third kappa shape index (κ3) is 6.36. The Morgan fingerprint density at radius 3 is 2.17 bits per heavy atom. The average molecular weight is 260 g/mol. The lowest BCUT2D eigenvalue weighted by Gasteiger charge is -2.19. The summed E-state index contributed by atoms with van der Waals surface area (Å²) in [4.78, 5) is 21.4. The average Bonchev–Trinajstić information content (AvgIpc) is 2.30. The summed E-state index contributed by atoms with van der Waals surface area (Å²) in [5.74, 6) is -3.04. The quantitative estimate of drug-likeness (QED) is 0.428. The lowest BCUT2D eigenvalue weighted by molar-refractivity contribution is -0.142. The van der Waals surface area contributed by atoms with Crippen LogP contribution in [0.4, 0.5) is 0 Å². The summed E-state index contributed by atoms with van der Waals surface area (Å²) < 4.78 is 0. The zero-order valence-corrected chi connectivity index (χ0v) is 10.2. The van der Waals surface area contributed by atoms with E-state index in [1.165, 1.54) is 0 Å². The first-order valence-electron chi connectivity index (χ1n) is 5.82. The monoisotopic (exact) mass is 260 g/mol. The Hall–Kier alpha value is -1.40. The van der Waals surface area contributed by atoms with Crippen LogP contribution >= 0.6 is 0 Å². The van der Waals surface area contributed by atoms with Crippen molar-refractivity contribution in [2.75, 3.05) is 6.61 Å². The van der Waals surface area contributed by atoms with E-state index in [0.29, 0.717) is 6.42 Å². The number of hydrogen-bond donors (Lipinski definition) is 4. The fourth-order valence-electron chi connectivity index (χ4n) is 1.63. The summed E-state index contributed by atoms with van der Waals surface area (Å²) in [7, 11) is 0. The molecule has 104 valence electrons. The van der Waals surface area contributed by atoms with E-state index >= 15 is 0 Å². The van der Waals surface area contributed by atoms with E-state index in [0.717, 1.165) is 0 Å². The van der Waals surface area contributed by atoms with Gasteiger partial charge in [0.15, 0.2) is 0 Å². The van der Waals surface area contributed by atoms with E-state index in [1.54, 1.807) is 0 Å². The Morgan fingerprint density at radius 2 is 1.72 bits per heavy atom. The summed E-state index contributed by atoms with van der Waals surface area (Å²) >= 11 is 0. The largest absolute Gasteiger partial charge is 0.481 e. The van der Waals surface area contributed by atoms with Gasteiger partial charge < -0.3 is 20.4 Å². The first kappa shape index (κ1) is 16.6. The van der Waals surface area contributed by atoms with Gasteiger partial charge in [0, 0.05) is 13.0 Å². The van der Waals surface area contributed by atoms with E-state index < -0.39 is 24.0 Å². The van der Waals surface area contributed by atoms with Crippen LogP contribution in [0.25, 0.3) is 0 Å². The van der Waals surface area contributed by atoms with Gasteiger partial charge >= 0.3 is 11.9 Å². The van der Waals surface area contributed by atoms with Gasteiger partial charge in [-0.3, -0.25) is 9.59 Å². The number of carboxylic acids is 2. The molecule has 0 aromatic heterocycles. The second kappa shape index (κ2) is 8.66. The molecule has 0 radical (unpaired) electrons. The van der Waals surface area contributed by atoms with Gasteiger partial charge in [0.05, 0.1) is 12.0 Å². The lowest BCUT2D eigenvalue weighted by atomic mass is 9.89. The summed E-state index contributed by atoms with van der Waals surface area (Å²) in [5, 5.41) is 35.8. The Balaban J connectivity index is 4.35. The number of carboxylic acid groups (broad SMARTS) is 2. The molecule has 0 heterocycles. The van der Waals surface area contributed by atoms with Gasteiger partial charge in [0.1, 0.15) is 0 Å². The van der Waals surface area contributed by atoms with E-state index in [1.807, 2.05) is 0 Å². The Morgan fingerprint density at radius 1 is 1.11 bits per heavy atom. The van der Waals surface area contributed by atoms with Crippen molar-refractivity contribution < 1.29 is 30.0 Å². The third-order valence-corrected chi connectivity index (χ3v) is 2.69. The molecule has 0 aromatic carbocycles. The molecule has 0 fully saturated rings. The van der Waals surface area contributed by atoms with Crippen LogP contribution in [-0.2, 0) is 9.59 Å². The van der Waals surface area contributed by atoms with Crippen molar-refractivity contribution >= 4 is 11.9 Å². The Kier molecular flexibility index (Phi) is 7.98. The van der Waals surface area contributed by atoms with Gasteiger partial charge in [-0.1, -0.05) is 6.58 Å². The predicted octanol–water partition coefficient (Wildman–Crippen LogP) is 0.632. The molecule has 0 aromatic rings. The van der Waals surface area contributed by atoms with Crippen LogP contribution in [0.2, 0.25) is 0 Å². The zero-order chi connectivity index (χ0) is 14.1. The summed E-state index contributed by atoms with van der Waals surface area (Å²) in [6.45, 7) is 3.48. The Bertz CT molecular complexity index is 299. The standard InChI is InChI=1S/C12H20O6/c1-8(10(14)5-3-7-13)9(12(17)18)4-2-6-11(15)16/h9-10,13-14H,1-7H2,(H,15,16)(H,17,18). The van der Waals surface area contributed by atoms with Gasteiger partial charge in [-0.2, -0.15) is 0 Å². The van der Waals surface area contributed by atoms with Gasteiger partial charge in [0.2, 0.25) is 0 Å². The van der Waals surface area contributed by atoms with Gasteiger partial charge in [-0.15, -0.1) is 0 Å². The molecule has 6 nitrogen and oxygen atoms in total. The molecule has 2 unspecified atom stereocenters. The maximum Gasteiger partial charge on any atom is 0.310 e. The van der Waals surface area contributed by atoms with Crippen LogP contribution in [0.5, 0.6) is 0 Å². The number of hydrogen-bond acceptors (Lipinski definition) is 4. The zero-order valence-electron chi connectivity index (χ0n) is 10.2. The van der Waals surface area contributed by atoms with Crippen molar-refractivity contribution in [3.63, 3.8) is 0 Å². The molecule has 0 aliphatic rings. The second-order valence-corrected chi connectivity index (χ2v) is 4.13. The smallest absolute Gasteiger partial charge is 0.310 e. The normalized spacial score (nSPS) is 13.9. The molecule has 0 spiro atoms. The first-order chi connectivity index (χ1) is 8.40. The predicted molar refractivity (Wildman–Crippen MR) is 64.1 cm³/mol. The van der Waals surface area contributed by atoms with E-state index in [4.69, 9.17) is 15.3 Å². The van der Waals surface area contributed by atoms with Crippen LogP contribution in [0.3, 0.4) is 0 Å². The molecule has 0 amide bonds. The second-order valence-electron chi connectivity index (χ2n) is 4.13. The number of rotatable bonds is 10. The van der Waals surface area contributed by atoms with Gasteiger partial charge in [-0.25, -0.2) is 0 Å². The van der Waals surface area contributed by atoms with Crippen molar-refractivity contribution in [3.05, 3.63) is 12.2 Å². The van der Waals surface area contributed by atoms with Gasteiger partial charge in [-0.05, 0) is 31.3 Å². The molecular weight excluding hydrogens is 240 g/mol. The van der Waals surface area contributed by atoms with Crippen molar-refractivity contribution in [3.8, 4) is 0 Å². The van der Waals surface area contributed by atoms with Crippen molar-refractivity contribution in [2.45, 2.75) is 38.2 Å². The van der Waals surface area contributed by atoms with Crippen molar-refractivity contribution in [1.82, 2.24) is 0 Å². The first-order valence-corrected chi connectivity index (χ1v) is 5.82. The fourth-order valence-corrected chi connectivity index (χ4v) is 1.63. The minimum absolute atomic E-state index is 0.0822. The minimum atomic E-state index is -1.12. The SMILES string of the molecule is C=C(C(O)CCCO)C(CCCC(=O)O)C(=O)O. The van der Waals surface area contributed by atoms with E-state index in [2.05, 4.69) is 6.58 Å². The fraction of sp³-hybridized carbons (Fsp3) is 0.667. The van der Waals surface area contributed by atoms with E-state index in [9.17, 15) is 14.7 Å². The summed E-state index contributed by atoms with van der Waals surface area (Å²) in [6.07, 6.45) is -0.124. The van der Waals surface area contributed by atoms with Crippen molar-refractivity contribution in [1.29, 1.82) is 0 Å². The summed E-state index contributed by atoms with van der Waals surface area (Å²) in [6, 6.07) is 0. The molecule has 4 N–H and O–H groups in total. The molecule has 0 rings (SSSR count). The van der Waals surface area contributed by atoms with Gasteiger partial charge in [0.25, 0.3) is 0 Å². The molecule has 0 aliphatic heterocycles.